The first-order chi connectivity index (χ1) is 6.27. The molecule has 0 radical (unpaired) electrons. The second-order valence-electron chi connectivity index (χ2n) is 4.27. The standard InChI is InChI=1S/C10H18N2O.ClH/c11-8-3-1-4-9(7-8)12-6-2-5-10(12)13;/h8-9H,1-7,11H2;1H. The molecule has 1 heterocycles. The second kappa shape index (κ2) is 4.99. The van der Waals surface area contributed by atoms with Gasteiger partial charge < -0.3 is 10.6 Å². The van der Waals surface area contributed by atoms with Gasteiger partial charge in [0.15, 0.2) is 0 Å². The topological polar surface area (TPSA) is 46.3 Å². The van der Waals surface area contributed by atoms with Gasteiger partial charge in [0.25, 0.3) is 0 Å². The zero-order valence-corrected chi connectivity index (χ0v) is 9.26. The van der Waals surface area contributed by atoms with Gasteiger partial charge in [0, 0.05) is 25.0 Å². The molecule has 0 aromatic carbocycles. The Labute approximate surface area is 91.4 Å². The van der Waals surface area contributed by atoms with Crippen molar-refractivity contribution >= 4 is 18.3 Å². The molecule has 2 N–H and O–H groups in total. The highest BCUT2D eigenvalue weighted by atomic mass is 35.5. The highest BCUT2D eigenvalue weighted by molar-refractivity contribution is 5.85. The summed E-state index contributed by atoms with van der Waals surface area (Å²) in [5.41, 5.74) is 5.90. The third kappa shape index (κ3) is 2.39. The van der Waals surface area contributed by atoms with Gasteiger partial charge in [-0.2, -0.15) is 0 Å². The Morgan fingerprint density at radius 3 is 2.64 bits per heavy atom. The van der Waals surface area contributed by atoms with Gasteiger partial charge in [0.05, 0.1) is 0 Å². The molecule has 0 spiro atoms. The van der Waals surface area contributed by atoms with Crippen LogP contribution >= 0.6 is 12.4 Å². The number of rotatable bonds is 1. The van der Waals surface area contributed by atoms with Crippen LogP contribution in [0.5, 0.6) is 0 Å². The molecule has 1 aliphatic heterocycles. The average Bonchev–Trinajstić information content (AvgIpc) is 2.51. The first-order valence-electron chi connectivity index (χ1n) is 5.32. The predicted octanol–water partition coefficient (Wildman–Crippen LogP) is 1.30. The molecule has 82 valence electrons. The summed E-state index contributed by atoms with van der Waals surface area (Å²) in [6, 6.07) is 0.783. The molecule has 3 nitrogen and oxygen atoms in total. The van der Waals surface area contributed by atoms with Crippen molar-refractivity contribution in [2.45, 2.75) is 50.6 Å². The maximum atomic E-state index is 11.5. The summed E-state index contributed by atoms with van der Waals surface area (Å²) in [6.45, 7) is 0.968. The summed E-state index contributed by atoms with van der Waals surface area (Å²) in [6.07, 6.45) is 6.32. The Morgan fingerprint density at radius 1 is 1.29 bits per heavy atom. The monoisotopic (exact) mass is 218 g/mol. The van der Waals surface area contributed by atoms with Crippen molar-refractivity contribution in [3.05, 3.63) is 0 Å². The third-order valence-corrected chi connectivity index (χ3v) is 3.24. The minimum Gasteiger partial charge on any atom is -0.340 e. The lowest BCUT2D eigenvalue weighted by Gasteiger charge is -2.33. The van der Waals surface area contributed by atoms with E-state index in [0.717, 1.165) is 32.2 Å². The summed E-state index contributed by atoms with van der Waals surface area (Å²) < 4.78 is 0. The highest BCUT2D eigenvalue weighted by Crippen LogP contribution is 2.25. The molecule has 1 aliphatic carbocycles. The van der Waals surface area contributed by atoms with Crippen LogP contribution in [0.3, 0.4) is 0 Å². The van der Waals surface area contributed by atoms with Crippen LogP contribution in [-0.2, 0) is 4.79 Å². The molecule has 1 amide bonds. The van der Waals surface area contributed by atoms with E-state index in [0.29, 0.717) is 18.0 Å². The van der Waals surface area contributed by atoms with E-state index in [-0.39, 0.29) is 12.4 Å². The Kier molecular flexibility index (Phi) is 4.20. The molecule has 2 fully saturated rings. The van der Waals surface area contributed by atoms with Crippen LogP contribution in [0.25, 0.3) is 0 Å². The minimum absolute atomic E-state index is 0. The van der Waals surface area contributed by atoms with Crippen LogP contribution < -0.4 is 5.73 Å². The highest BCUT2D eigenvalue weighted by Gasteiger charge is 2.30. The van der Waals surface area contributed by atoms with Gasteiger partial charge >= 0.3 is 0 Å². The fourth-order valence-electron chi connectivity index (χ4n) is 2.54. The number of hydrogen-bond acceptors (Lipinski definition) is 2. The van der Waals surface area contributed by atoms with E-state index >= 15 is 0 Å². The van der Waals surface area contributed by atoms with Crippen molar-refractivity contribution < 1.29 is 4.79 Å². The molecule has 2 unspecified atom stereocenters. The van der Waals surface area contributed by atoms with Gasteiger partial charge in [-0.05, 0) is 32.1 Å². The van der Waals surface area contributed by atoms with Gasteiger partial charge in [-0.3, -0.25) is 4.79 Å². The zero-order chi connectivity index (χ0) is 9.26. The van der Waals surface area contributed by atoms with Crippen molar-refractivity contribution in [2.75, 3.05) is 6.54 Å². The number of carbonyl (C=O) groups is 1. The van der Waals surface area contributed by atoms with Crippen molar-refractivity contribution in [1.29, 1.82) is 0 Å². The minimum atomic E-state index is 0. The molecule has 0 aromatic rings. The number of carbonyl (C=O) groups excluding carboxylic acids is 1. The molecule has 4 heteroatoms. The quantitative estimate of drug-likeness (QED) is 0.721. The number of nitrogens with zero attached hydrogens (tertiary/aromatic N) is 1. The number of halogens is 1. The van der Waals surface area contributed by atoms with E-state index < -0.39 is 0 Å². The van der Waals surface area contributed by atoms with E-state index in [1.165, 1.54) is 12.8 Å². The number of likely N-dealkylation sites (tertiary alicyclic amines) is 1. The van der Waals surface area contributed by atoms with E-state index in [4.69, 9.17) is 5.73 Å². The largest absolute Gasteiger partial charge is 0.340 e. The molecule has 2 rings (SSSR count). The maximum absolute atomic E-state index is 11.5. The normalized spacial score (nSPS) is 32.9. The smallest absolute Gasteiger partial charge is 0.222 e. The lowest BCUT2D eigenvalue weighted by atomic mass is 9.91. The molecule has 0 bridgehead atoms. The molecule has 14 heavy (non-hydrogen) atoms. The molecule has 1 saturated carbocycles. The van der Waals surface area contributed by atoms with Crippen molar-refractivity contribution in [3.8, 4) is 0 Å². The van der Waals surface area contributed by atoms with Crippen LogP contribution in [0.1, 0.15) is 38.5 Å². The molecular formula is C10H19ClN2O. The number of nitrogens with two attached hydrogens (primary N) is 1. The summed E-state index contributed by atoms with van der Waals surface area (Å²) in [5.74, 6) is 0.346. The summed E-state index contributed by atoms with van der Waals surface area (Å²) in [5, 5.41) is 0. The fourth-order valence-corrected chi connectivity index (χ4v) is 2.54. The van der Waals surface area contributed by atoms with E-state index in [1.54, 1.807) is 0 Å². The Morgan fingerprint density at radius 2 is 2.07 bits per heavy atom. The number of amides is 1. The van der Waals surface area contributed by atoms with Crippen LogP contribution in [0.4, 0.5) is 0 Å². The Bertz CT molecular complexity index is 210. The zero-order valence-electron chi connectivity index (χ0n) is 8.45. The van der Waals surface area contributed by atoms with Crippen LogP contribution in [0, 0.1) is 0 Å². The number of hydrogen-bond donors (Lipinski definition) is 1. The predicted molar refractivity (Wildman–Crippen MR) is 58.4 cm³/mol. The molecule has 2 atom stereocenters. The molecule has 0 aromatic heterocycles. The van der Waals surface area contributed by atoms with E-state index in [2.05, 4.69) is 4.90 Å². The molecule has 1 saturated heterocycles. The summed E-state index contributed by atoms with van der Waals surface area (Å²) in [4.78, 5) is 13.5. The van der Waals surface area contributed by atoms with Gasteiger partial charge in [-0.1, -0.05) is 0 Å². The molecule has 2 aliphatic rings. The van der Waals surface area contributed by atoms with E-state index in [9.17, 15) is 4.79 Å². The van der Waals surface area contributed by atoms with E-state index in [1.807, 2.05) is 0 Å². The van der Waals surface area contributed by atoms with Crippen LogP contribution in [0.15, 0.2) is 0 Å². The van der Waals surface area contributed by atoms with Crippen molar-refractivity contribution in [3.63, 3.8) is 0 Å². The SMILES string of the molecule is Cl.NC1CCCC(N2CCCC2=O)C1. The van der Waals surface area contributed by atoms with Gasteiger partial charge in [-0.25, -0.2) is 0 Å². The first kappa shape index (κ1) is 11.8. The third-order valence-electron chi connectivity index (χ3n) is 3.24. The van der Waals surface area contributed by atoms with Gasteiger partial charge in [0.1, 0.15) is 0 Å². The lowest BCUT2D eigenvalue weighted by molar-refractivity contribution is -0.130. The second-order valence-corrected chi connectivity index (χ2v) is 4.27. The fraction of sp³-hybridized carbons (Fsp3) is 0.900. The van der Waals surface area contributed by atoms with Crippen molar-refractivity contribution in [2.24, 2.45) is 5.73 Å². The lowest BCUT2D eigenvalue weighted by Crippen LogP contribution is -2.43. The Balaban J connectivity index is 0.000000980. The maximum Gasteiger partial charge on any atom is 0.222 e. The average molecular weight is 219 g/mol. The van der Waals surface area contributed by atoms with Crippen LogP contribution in [0.2, 0.25) is 0 Å². The summed E-state index contributed by atoms with van der Waals surface area (Å²) >= 11 is 0. The summed E-state index contributed by atoms with van der Waals surface area (Å²) in [7, 11) is 0. The van der Waals surface area contributed by atoms with Gasteiger partial charge in [0.2, 0.25) is 5.91 Å². The Hall–Kier alpha value is -0.280. The van der Waals surface area contributed by atoms with Crippen LogP contribution in [-0.4, -0.2) is 29.4 Å². The van der Waals surface area contributed by atoms with Crippen molar-refractivity contribution in [1.82, 2.24) is 4.90 Å². The van der Waals surface area contributed by atoms with Gasteiger partial charge in [-0.15, -0.1) is 12.4 Å². The molecular weight excluding hydrogens is 200 g/mol. The first-order valence-corrected chi connectivity index (χ1v) is 5.32.